The Labute approximate surface area is 113 Å². The summed E-state index contributed by atoms with van der Waals surface area (Å²) in [5.41, 5.74) is 0. The molecular formula is C13H27NO3Si. The second-order valence-electron chi connectivity index (χ2n) is 4.05. The van der Waals surface area contributed by atoms with E-state index in [9.17, 15) is 0 Å². The van der Waals surface area contributed by atoms with Gasteiger partial charge < -0.3 is 13.3 Å². The van der Waals surface area contributed by atoms with Crippen LogP contribution in [0.2, 0.25) is 6.04 Å². The topological polar surface area (TPSA) is 51.5 Å². The van der Waals surface area contributed by atoms with Gasteiger partial charge in [0.15, 0.2) is 0 Å². The summed E-state index contributed by atoms with van der Waals surface area (Å²) in [5.74, 6) is 0. The van der Waals surface area contributed by atoms with Crippen LogP contribution in [-0.2, 0) is 13.3 Å². The average molecular weight is 273 g/mol. The van der Waals surface area contributed by atoms with Crippen molar-refractivity contribution in [2.75, 3.05) is 19.8 Å². The van der Waals surface area contributed by atoms with Gasteiger partial charge in [-0.3, -0.25) is 0 Å². The molecule has 0 spiro atoms. The van der Waals surface area contributed by atoms with Gasteiger partial charge in [-0.1, -0.05) is 12.8 Å². The number of hydrogen-bond donors (Lipinski definition) is 0. The van der Waals surface area contributed by atoms with Gasteiger partial charge in [-0.05, 0) is 33.6 Å². The summed E-state index contributed by atoms with van der Waals surface area (Å²) in [4.78, 5) is 0. The molecular weight excluding hydrogens is 246 g/mol. The molecule has 0 saturated heterocycles. The van der Waals surface area contributed by atoms with Crippen LogP contribution in [0.15, 0.2) is 0 Å². The Balaban J connectivity index is 4.01. The normalized spacial score (nSPS) is 11.4. The highest BCUT2D eigenvalue weighted by atomic mass is 28.4. The van der Waals surface area contributed by atoms with Crippen molar-refractivity contribution in [2.24, 2.45) is 0 Å². The van der Waals surface area contributed by atoms with E-state index in [0.717, 1.165) is 31.7 Å². The Bertz CT molecular complexity index is 214. The van der Waals surface area contributed by atoms with Crippen LogP contribution in [0.1, 0.15) is 52.9 Å². The molecule has 0 aliphatic carbocycles. The van der Waals surface area contributed by atoms with E-state index in [-0.39, 0.29) is 0 Å². The summed E-state index contributed by atoms with van der Waals surface area (Å²) in [6.07, 6.45) is 4.91. The molecule has 0 rings (SSSR count). The maximum absolute atomic E-state index is 8.46. The Hall–Kier alpha value is -0.413. The quantitative estimate of drug-likeness (QED) is 0.403. The number of nitrogens with zero attached hydrogens (tertiary/aromatic N) is 1. The molecule has 0 fully saturated rings. The zero-order valence-electron chi connectivity index (χ0n) is 12.0. The van der Waals surface area contributed by atoms with Crippen LogP contribution in [0.25, 0.3) is 0 Å². The van der Waals surface area contributed by atoms with E-state index in [0.29, 0.717) is 26.2 Å². The van der Waals surface area contributed by atoms with Crippen LogP contribution < -0.4 is 0 Å². The first kappa shape index (κ1) is 17.6. The Morgan fingerprint density at radius 1 is 0.833 bits per heavy atom. The zero-order chi connectivity index (χ0) is 13.7. The molecule has 0 aromatic rings. The van der Waals surface area contributed by atoms with Crippen LogP contribution in [0.5, 0.6) is 0 Å². The highest BCUT2D eigenvalue weighted by Gasteiger charge is 2.39. The molecule has 18 heavy (non-hydrogen) atoms. The fourth-order valence-corrected chi connectivity index (χ4v) is 4.59. The average Bonchev–Trinajstić information content (AvgIpc) is 2.35. The summed E-state index contributed by atoms with van der Waals surface area (Å²) in [7, 11) is -2.43. The molecule has 0 heterocycles. The minimum absolute atomic E-state index is 0.640. The molecule has 106 valence electrons. The van der Waals surface area contributed by atoms with E-state index in [1.165, 1.54) is 0 Å². The van der Waals surface area contributed by atoms with Gasteiger partial charge in [-0.15, -0.1) is 0 Å². The molecule has 0 unspecified atom stereocenters. The third-order valence-corrected chi connectivity index (χ3v) is 5.77. The van der Waals surface area contributed by atoms with Gasteiger partial charge in [-0.2, -0.15) is 5.26 Å². The number of unbranched alkanes of at least 4 members (excludes halogenated alkanes) is 4. The molecule has 0 aromatic carbocycles. The largest absolute Gasteiger partial charge is 0.500 e. The van der Waals surface area contributed by atoms with E-state index in [1.54, 1.807) is 0 Å². The van der Waals surface area contributed by atoms with E-state index < -0.39 is 8.80 Å². The highest BCUT2D eigenvalue weighted by Crippen LogP contribution is 2.20. The number of rotatable bonds is 12. The standard InChI is InChI=1S/C13H27NO3Si/c1-4-15-18(16-5-2,17-6-3)13-11-9-7-8-10-12-14/h4-11,13H2,1-3H3. The second kappa shape index (κ2) is 11.7. The molecule has 0 N–H and O–H groups in total. The fraction of sp³-hybridized carbons (Fsp3) is 0.923. The summed E-state index contributed by atoms with van der Waals surface area (Å²) < 4.78 is 17.3. The van der Waals surface area contributed by atoms with E-state index in [2.05, 4.69) is 6.07 Å². The summed E-state index contributed by atoms with van der Waals surface area (Å²) >= 11 is 0. The van der Waals surface area contributed by atoms with Crippen LogP contribution in [0.4, 0.5) is 0 Å². The van der Waals surface area contributed by atoms with E-state index in [1.807, 2.05) is 20.8 Å². The lowest BCUT2D eigenvalue weighted by Crippen LogP contribution is -2.45. The summed E-state index contributed by atoms with van der Waals surface area (Å²) in [6, 6.07) is 3.05. The first-order valence-corrected chi connectivity index (χ1v) is 8.96. The Morgan fingerprint density at radius 3 is 1.78 bits per heavy atom. The lowest BCUT2D eigenvalue weighted by Gasteiger charge is -2.28. The highest BCUT2D eigenvalue weighted by molar-refractivity contribution is 6.60. The van der Waals surface area contributed by atoms with E-state index >= 15 is 0 Å². The lowest BCUT2D eigenvalue weighted by atomic mass is 10.2. The van der Waals surface area contributed by atoms with Gasteiger partial charge in [-0.25, -0.2) is 0 Å². The van der Waals surface area contributed by atoms with Gasteiger partial charge >= 0.3 is 8.80 Å². The molecule has 0 aliphatic rings. The Morgan fingerprint density at radius 2 is 1.33 bits per heavy atom. The second-order valence-corrected chi connectivity index (χ2v) is 6.79. The molecule has 0 atom stereocenters. The molecule has 0 amide bonds. The molecule has 0 saturated carbocycles. The van der Waals surface area contributed by atoms with Crippen molar-refractivity contribution < 1.29 is 13.3 Å². The van der Waals surface area contributed by atoms with E-state index in [4.69, 9.17) is 18.5 Å². The van der Waals surface area contributed by atoms with Crippen molar-refractivity contribution in [3.63, 3.8) is 0 Å². The SMILES string of the molecule is CCO[Si](CCCCCCC#N)(OCC)OCC. The molecule has 0 bridgehead atoms. The van der Waals surface area contributed by atoms with Crippen molar-refractivity contribution >= 4 is 8.80 Å². The van der Waals surface area contributed by atoms with Crippen molar-refractivity contribution in [2.45, 2.75) is 58.9 Å². The zero-order valence-corrected chi connectivity index (χ0v) is 13.0. The monoisotopic (exact) mass is 273 g/mol. The first-order chi connectivity index (χ1) is 8.74. The molecule has 0 aliphatic heterocycles. The predicted molar refractivity (Wildman–Crippen MR) is 74.1 cm³/mol. The van der Waals surface area contributed by atoms with Gasteiger partial charge in [0.1, 0.15) is 0 Å². The molecule has 0 radical (unpaired) electrons. The maximum Gasteiger partial charge on any atom is 0.500 e. The van der Waals surface area contributed by atoms with Gasteiger partial charge in [0.25, 0.3) is 0 Å². The lowest BCUT2D eigenvalue weighted by molar-refractivity contribution is 0.0706. The number of nitriles is 1. The molecule has 0 aromatic heterocycles. The van der Waals surface area contributed by atoms with Crippen LogP contribution in [0, 0.1) is 11.3 Å². The summed E-state index contributed by atoms with van der Waals surface area (Å²) in [6.45, 7) is 7.86. The maximum atomic E-state index is 8.46. The van der Waals surface area contributed by atoms with Crippen molar-refractivity contribution in [1.29, 1.82) is 5.26 Å². The van der Waals surface area contributed by atoms with Gasteiger partial charge in [0.05, 0.1) is 6.07 Å². The van der Waals surface area contributed by atoms with Crippen LogP contribution in [-0.4, -0.2) is 28.6 Å². The summed E-state index contributed by atoms with van der Waals surface area (Å²) in [5, 5.41) is 8.46. The number of hydrogen-bond acceptors (Lipinski definition) is 4. The molecule has 5 heteroatoms. The first-order valence-electron chi connectivity index (χ1n) is 7.03. The van der Waals surface area contributed by atoms with Crippen molar-refractivity contribution in [1.82, 2.24) is 0 Å². The van der Waals surface area contributed by atoms with Crippen LogP contribution >= 0.6 is 0 Å². The third-order valence-electron chi connectivity index (χ3n) is 2.61. The minimum atomic E-state index is -2.43. The van der Waals surface area contributed by atoms with Crippen LogP contribution in [0.3, 0.4) is 0 Å². The Kier molecular flexibility index (Phi) is 11.4. The molecule has 4 nitrogen and oxygen atoms in total. The smallest absolute Gasteiger partial charge is 0.374 e. The predicted octanol–water partition coefficient (Wildman–Crippen LogP) is 3.51. The van der Waals surface area contributed by atoms with Crippen molar-refractivity contribution in [3.05, 3.63) is 0 Å². The fourth-order valence-electron chi connectivity index (χ4n) is 1.90. The van der Waals surface area contributed by atoms with Crippen molar-refractivity contribution in [3.8, 4) is 6.07 Å². The van der Waals surface area contributed by atoms with Gasteiger partial charge in [0.2, 0.25) is 0 Å². The minimum Gasteiger partial charge on any atom is -0.374 e. The third kappa shape index (κ3) is 7.83. The van der Waals surface area contributed by atoms with Gasteiger partial charge in [0, 0.05) is 32.3 Å².